The summed E-state index contributed by atoms with van der Waals surface area (Å²) >= 11 is 0. The van der Waals surface area contributed by atoms with Crippen LogP contribution in [0.2, 0.25) is 0 Å². The molecule has 2 atom stereocenters. The number of carboxylic acids is 2. The van der Waals surface area contributed by atoms with Crippen molar-refractivity contribution in [3.05, 3.63) is 114 Å². The lowest BCUT2D eigenvalue weighted by molar-refractivity contribution is -0.140. The largest absolute Gasteiger partial charge is 0.480 e. The Hall–Kier alpha value is -6.33. The van der Waals surface area contributed by atoms with E-state index in [1.165, 1.54) is 24.3 Å². The summed E-state index contributed by atoms with van der Waals surface area (Å²) in [4.78, 5) is 101. The number of carboxylic acid groups (broad SMARTS) is 2. The third kappa shape index (κ3) is 12.2. The molecule has 1 heterocycles. The SMILES string of the molecule is CCn1c(-c2ccc(OC(=O)NC(Cc3ccccc3)C(=O)O)cc2)c(C)c2cc(NC(=O)CCC(P(=O)(O)O)P(=O)(O)O)c(OC(=O)NC(Cc3ccccc3)C(=O)O)cc21. The minimum Gasteiger partial charge on any atom is -0.480 e. The number of aliphatic carboxylic acids is 2. The molecule has 21 heteroatoms. The van der Waals surface area contributed by atoms with E-state index < -0.39 is 75.5 Å². The zero-order valence-electron chi connectivity index (χ0n) is 33.2. The Balaban J connectivity index is 1.44. The Morgan fingerprint density at radius 1 is 0.710 bits per heavy atom. The van der Waals surface area contributed by atoms with Crippen LogP contribution in [0.25, 0.3) is 22.2 Å². The van der Waals surface area contributed by atoms with Crippen LogP contribution in [-0.2, 0) is 42.9 Å². The lowest BCUT2D eigenvalue weighted by Crippen LogP contribution is -2.43. The minimum absolute atomic E-state index is 0.0265. The van der Waals surface area contributed by atoms with Gasteiger partial charge in [0.15, 0.2) is 11.1 Å². The molecule has 4 aromatic carbocycles. The number of carbonyl (C=O) groups excluding carboxylic acids is 3. The molecule has 62 heavy (non-hydrogen) atoms. The second-order valence-corrected chi connectivity index (χ2v) is 18.1. The predicted octanol–water partition coefficient (Wildman–Crippen LogP) is 5.61. The molecule has 0 spiro atoms. The van der Waals surface area contributed by atoms with Gasteiger partial charge >= 0.3 is 39.3 Å². The summed E-state index contributed by atoms with van der Waals surface area (Å²) in [6, 6.07) is 23.7. The van der Waals surface area contributed by atoms with Crippen LogP contribution >= 0.6 is 15.2 Å². The summed E-state index contributed by atoms with van der Waals surface area (Å²) < 4.78 is 36.5. The van der Waals surface area contributed by atoms with Crippen molar-refractivity contribution in [1.29, 1.82) is 0 Å². The molecule has 0 aliphatic heterocycles. The molecule has 9 N–H and O–H groups in total. The molecule has 0 saturated carbocycles. The highest BCUT2D eigenvalue weighted by atomic mass is 31.2. The fourth-order valence-corrected chi connectivity index (χ4v) is 9.26. The number of hydrogen-bond donors (Lipinski definition) is 9. The monoisotopic (exact) mass is 894 g/mol. The summed E-state index contributed by atoms with van der Waals surface area (Å²) in [6.07, 6.45) is -3.92. The summed E-state index contributed by atoms with van der Waals surface area (Å²) in [5, 5.41) is 24.8. The van der Waals surface area contributed by atoms with Gasteiger partial charge in [0.2, 0.25) is 5.91 Å². The fourth-order valence-electron chi connectivity index (χ4n) is 6.76. The molecule has 0 bridgehead atoms. The molecule has 5 aromatic rings. The van der Waals surface area contributed by atoms with Gasteiger partial charge in [-0.25, -0.2) is 19.2 Å². The van der Waals surface area contributed by atoms with Gasteiger partial charge < -0.3 is 59.8 Å². The van der Waals surface area contributed by atoms with Gasteiger partial charge in [0.25, 0.3) is 0 Å². The van der Waals surface area contributed by atoms with Crippen LogP contribution < -0.4 is 25.4 Å². The van der Waals surface area contributed by atoms with Crippen molar-refractivity contribution in [2.24, 2.45) is 0 Å². The molecule has 0 aliphatic rings. The standard InChI is InChI=1S/C41H44N4O15P2/c1-3-45-33-23-34(60-41(52)44-32(39(49)50)21-26-12-8-5-9-13-26)30(42-35(46)18-19-36(61(53,54)55)62(56,57)58)22-29(33)24(2)37(45)27-14-16-28(17-15-27)59-40(51)43-31(38(47)48)20-25-10-6-4-7-11-25/h4-17,22-23,31-32,36H,3,18-21H2,1-2H3,(H,42,46)(H,43,51)(H,44,52)(H,47,48)(H,49,50)(H2,53,54,55)(H2,56,57,58). The topological polar surface area (TPSA) is 300 Å². The molecule has 0 aliphatic carbocycles. The molecule has 0 fully saturated rings. The maximum absolute atomic E-state index is 13.3. The first-order valence-electron chi connectivity index (χ1n) is 18.9. The molecule has 1 aromatic heterocycles. The van der Waals surface area contributed by atoms with E-state index in [-0.39, 0.29) is 30.0 Å². The highest BCUT2D eigenvalue weighted by Crippen LogP contribution is 2.61. The molecule has 5 rings (SSSR count). The van der Waals surface area contributed by atoms with E-state index in [1.54, 1.807) is 79.7 Å². The first-order chi connectivity index (χ1) is 29.2. The van der Waals surface area contributed by atoms with Gasteiger partial charge in [0.05, 0.1) is 16.9 Å². The van der Waals surface area contributed by atoms with Crippen molar-refractivity contribution in [3.8, 4) is 22.8 Å². The first-order valence-corrected chi connectivity index (χ1v) is 22.3. The van der Waals surface area contributed by atoms with Gasteiger partial charge in [-0.2, -0.15) is 0 Å². The highest BCUT2D eigenvalue weighted by molar-refractivity contribution is 7.70. The average molecular weight is 895 g/mol. The molecule has 2 unspecified atom stereocenters. The number of carbonyl (C=O) groups is 5. The lowest BCUT2D eigenvalue weighted by Gasteiger charge is -2.19. The molecular weight excluding hydrogens is 850 g/mol. The van der Waals surface area contributed by atoms with Crippen molar-refractivity contribution in [3.63, 3.8) is 0 Å². The quantitative estimate of drug-likeness (QED) is 0.0483. The van der Waals surface area contributed by atoms with Crippen LogP contribution in [0.15, 0.2) is 97.1 Å². The van der Waals surface area contributed by atoms with Gasteiger partial charge in [0, 0.05) is 37.3 Å². The molecule has 0 radical (unpaired) electrons. The number of anilines is 1. The van der Waals surface area contributed by atoms with Crippen LogP contribution in [0.5, 0.6) is 11.5 Å². The Bertz CT molecular complexity index is 2520. The lowest BCUT2D eigenvalue weighted by atomic mass is 10.1. The minimum atomic E-state index is -5.34. The molecule has 0 saturated heterocycles. The number of amides is 3. The average Bonchev–Trinajstić information content (AvgIpc) is 3.47. The van der Waals surface area contributed by atoms with Crippen molar-refractivity contribution in [1.82, 2.24) is 15.2 Å². The zero-order chi connectivity index (χ0) is 45.4. The molecular formula is C41H44N4O15P2. The van der Waals surface area contributed by atoms with Gasteiger partial charge in [-0.1, -0.05) is 60.7 Å². The number of aryl methyl sites for hydroxylation is 2. The molecule has 328 valence electrons. The van der Waals surface area contributed by atoms with E-state index in [1.807, 2.05) is 11.5 Å². The Morgan fingerprint density at radius 2 is 1.21 bits per heavy atom. The Morgan fingerprint density at radius 3 is 1.68 bits per heavy atom. The van der Waals surface area contributed by atoms with E-state index in [4.69, 9.17) is 9.47 Å². The third-order valence-corrected chi connectivity index (χ3v) is 13.6. The van der Waals surface area contributed by atoms with E-state index in [0.717, 1.165) is 0 Å². The van der Waals surface area contributed by atoms with E-state index in [2.05, 4.69) is 16.0 Å². The number of nitrogens with zero attached hydrogens (tertiary/aromatic N) is 1. The Kier molecular flexibility index (Phi) is 15.1. The van der Waals surface area contributed by atoms with Crippen LogP contribution in [0.3, 0.4) is 0 Å². The number of ether oxygens (including phenoxy) is 2. The van der Waals surface area contributed by atoms with Crippen molar-refractivity contribution >= 4 is 61.8 Å². The van der Waals surface area contributed by atoms with Gasteiger partial charge in [0.1, 0.15) is 17.8 Å². The first kappa shape index (κ1) is 46.7. The van der Waals surface area contributed by atoms with Crippen molar-refractivity contribution in [2.75, 3.05) is 5.32 Å². The number of hydrogen-bond acceptors (Lipinski definition) is 9. The number of aromatic nitrogens is 1. The van der Waals surface area contributed by atoms with Gasteiger partial charge in [-0.3, -0.25) is 13.9 Å². The third-order valence-electron chi connectivity index (χ3n) is 9.70. The highest BCUT2D eigenvalue weighted by Gasteiger charge is 2.43. The van der Waals surface area contributed by atoms with E-state index >= 15 is 0 Å². The fraction of sp³-hybridized carbons (Fsp3) is 0.244. The van der Waals surface area contributed by atoms with Gasteiger partial charge in [-0.05, 0) is 72.9 Å². The van der Waals surface area contributed by atoms with Gasteiger partial charge in [-0.15, -0.1) is 0 Å². The van der Waals surface area contributed by atoms with Crippen LogP contribution in [-0.4, -0.2) is 81.9 Å². The second kappa shape index (κ2) is 20.0. The zero-order valence-corrected chi connectivity index (χ0v) is 35.0. The van der Waals surface area contributed by atoms with E-state index in [9.17, 15) is 62.9 Å². The summed E-state index contributed by atoms with van der Waals surface area (Å²) in [7, 11) is -10.7. The summed E-state index contributed by atoms with van der Waals surface area (Å²) in [6.45, 7) is 3.95. The Labute approximate surface area is 354 Å². The maximum Gasteiger partial charge on any atom is 0.413 e. The van der Waals surface area contributed by atoms with E-state index in [0.29, 0.717) is 45.4 Å². The molecule has 3 amide bonds. The summed E-state index contributed by atoms with van der Waals surface area (Å²) in [5.41, 5.74) is 3.58. The second-order valence-electron chi connectivity index (χ2n) is 14.1. The maximum atomic E-state index is 13.3. The summed E-state index contributed by atoms with van der Waals surface area (Å²) in [5.74, 6) is -3.72. The number of nitrogens with one attached hydrogen (secondary N) is 3. The predicted molar refractivity (Wildman–Crippen MR) is 225 cm³/mol. The van der Waals surface area contributed by atoms with Crippen molar-refractivity contribution in [2.45, 2.75) is 63.6 Å². The van der Waals surface area contributed by atoms with Crippen LogP contribution in [0.1, 0.15) is 36.5 Å². The normalized spacial score (nSPS) is 12.6. The van der Waals surface area contributed by atoms with Crippen molar-refractivity contribution < 1.29 is 72.4 Å². The number of benzene rings is 4. The number of rotatable bonds is 18. The smallest absolute Gasteiger partial charge is 0.413 e. The number of fused-ring (bicyclic) bond motifs is 1. The molecule has 19 nitrogen and oxygen atoms in total. The van der Waals surface area contributed by atoms with Crippen LogP contribution in [0, 0.1) is 6.92 Å². The van der Waals surface area contributed by atoms with Crippen LogP contribution in [0.4, 0.5) is 15.3 Å².